The summed E-state index contributed by atoms with van der Waals surface area (Å²) in [5.74, 6) is 0.917. The molecule has 3 heterocycles. The quantitative estimate of drug-likeness (QED) is 0.838. The zero-order chi connectivity index (χ0) is 14.4. The van der Waals surface area contributed by atoms with Crippen LogP contribution >= 0.6 is 23.1 Å². The molecule has 0 saturated heterocycles. The molecule has 0 bridgehead atoms. The fourth-order valence-electron chi connectivity index (χ4n) is 2.81. The van der Waals surface area contributed by atoms with E-state index >= 15 is 0 Å². The van der Waals surface area contributed by atoms with E-state index in [1.54, 1.807) is 7.11 Å². The molecule has 0 fully saturated rings. The summed E-state index contributed by atoms with van der Waals surface area (Å²) in [4.78, 5) is 9.76. The van der Waals surface area contributed by atoms with Crippen LogP contribution in [0.4, 0.5) is 0 Å². The van der Waals surface area contributed by atoms with Gasteiger partial charge in [0.1, 0.15) is 5.75 Å². The molecule has 108 valence electrons. The number of methoxy groups -OCH3 is 1. The van der Waals surface area contributed by atoms with Crippen molar-refractivity contribution in [3.05, 3.63) is 34.0 Å². The maximum atomic E-state index is 5.33. The van der Waals surface area contributed by atoms with Crippen LogP contribution in [0.1, 0.15) is 18.2 Å². The SMILES string of the molecule is CCC1=C(c2cc3cc(OC)ccc3s2)N2CCN=C2S1. The Labute approximate surface area is 132 Å². The summed E-state index contributed by atoms with van der Waals surface area (Å²) in [5.41, 5.74) is 1.37. The lowest BCUT2D eigenvalue weighted by Gasteiger charge is -2.15. The van der Waals surface area contributed by atoms with Crippen molar-refractivity contribution in [2.24, 2.45) is 4.99 Å². The third-order valence-corrected chi connectivity index (χ3v) is 6.21. The van der Waals surface area contributed by atoms with Crippen LogP contribution in [0.5, 0.6) is 5.75 Å². The maximum absolute atomic E-state index is 5.33. The number of hydrogen-bond donors (Lipinski definition) is 0. The van der Waals surface area contributed by atoms with Crippen LogP contribution < -0.4 is 4.74 Å². The Balaban J connectivity index is 1.83. The molecule has 0 spiro atoms. The van der Waals surface area contributed by atoms with Gasteiger partial charge < -0.3 is 9.64 Å². The number of thioether (sulfide) groups is 1. The highest BCUT2D eigenvalue weighted by molar-refractivity contribution is 8.17. The lowest BCUT2D eigenvalue weighted by atomic mass is 10.2. The summed E-state index contributed by atoms with van der Waals surface area (Å²) in [6, 6.07) is 8.58. The molecular formula is C16H16N2OS2. The van der Waals surface area contributed by atoms with E-state index in [9.17, 15) is 0 Å². The van der Waals surface area contributed by atoms with Gasteiger partial charge in [-0.1, -0.05) is 18.7 Å². The van der Waals surface area contributed by atoms with Gasteiger partial charge in [0.2, 0.25) is 0 Å². The highest BCUT2D eigenvalue weighted by Gasteiger charge is 2.32. The van der Waals surface area contributed by atoms with Crippen LogP contribution in [-0.4, -0.2) is 30.3 Å². The van der Waals surface area contributed by atoms with E-state index in [1.165, 1.54) is 30.7 Å². The molecule has 0 radical (unpaired) electrons. The normalized spacial score (nSPS) is 17.6. The van der Waals surface area contributed by atoms with Gasteiger partial charge in [-0.05, 0) is 36.1 Å². The first-order valence-corrected chi connectivity index (χ1v) is 8.74. The Bertz CT molecular complexity index is 776. The summed E-state index contributed by atoms with van der Waals surface area (Å²) >= 11 is 3.70. The van der Waals surface area contributed by atoms with Crippen molar-refractivity contribution in [3.8, 4) is 5.75 Å². The monoisotopic (exact) mass is 316 g/mol. The molecule has 4 rings (SSSR count). The minimum atomic E-state index is 0.917. The van der Waals surface area contributed by atoms with Crippen LogP contribution in [-0.2, 0) is 0 Å². The molecule has 0 saturated carbocycles. The van der Waals surface area contributed by atoms with Gasteiger partial charge in [0.25, 0.3) is 0 Å². The number of nitrogens with zero attached hydrogens (tertiary/aromatic N) is 2. The van der Waals surface area contributed by atoms with Gasteiger partial charge in [-0.3, -0.25) is 4.99 Å². The summed E-state index contributed by atoms with van der Waals surface area (Å²) < 4.78 is 6.64. The summed E-state index contributed by atoms with van der Waals surface area (Å²) in [7, 11) is 1.72. The van der Waals surface area contributed by atoms with Gasteiger partial charge in [-0.15, -0.1) is 11.3 Å². The molecule has 2 aromatic rings. The van der Waals surface area contributed by atoms with Crippen LogP contribution in [0.2, 0.25) is 0 Å². The number of fused-ring (bicyclic) bond motifs is 2. The minimum Gasteiger partial charge on any atom is -0.497 e. The Hall–Kier alpha value is -1.46. The van der Waals surface area contributed by atoms with Crippen molar-refractivity contribution in [3.63, 3.8) is 0 Å². The van der Waals surface area contributed by atoms with Crippen LogP contribution in [0.3, 0.4) is 0 Å². The lowest BCUT2D eigenvalue weighted by molar-refractivity contribution is 0.415. The zero-order valence-electron chi connectivity index (χ0n) is 12.0. The predicted molar refractivity (Wildman–Crippen MR) is 92.2 cm³/mol. The molecule has 0 N–H and O–H groups in total. The van der Waals surface area contributed by atoms with Gasteiger partial charge in [0.05, 0.1) is 24.2 Å². The molecule has 2 aliphatic heterocycles. The van der Waals surface area contributed by atoms with Gasteiger partial charge in [0.15, 0.2) is 5.17 Å². The Morgan fingerprint density at radius 2 is 2.24 bits per heavy atom. The van der Waals surface area contributed by atoms with E-state index in [4.69, 9.17) is 4.74 Å². The maximum Gasteiger partial charge on any atom is 0.168 e. The number of aliphatic imine (C=N–C) groups is 1. The molecule has 0 amide bonds. The number of ether oxygens (including phenoxy) is 1. The average molecular weight is 316 g/mol. The third kappa shape index (κ3) is 2.07. The zero-order valence-corrected chi connectivity index (χ0v) is 13.7. The number of amidine groups is 1. The molecule has 21 heavy (non-hydrogen) atoms. The number of allylic oxidation sites excluding steroid dienone is 1. The van der Waals surface area contributed by atoms with Crippen molar-refractivity contribution in [1.29, 1.82) is 0 Å². The molecule has 5 heteroatoms. The molecule has 3 nitrogen and oxygen atoms in total. The molecule has 2 aliphatic rings. The molecule has 1 aromatic heterocycles. The molecule has 0 unspecified atom stereocenters. The first kappa shape index (κ1) is 13.2. The molecule has 0 atom stereocenters. The summed E-state index contributed by atoms with van der Waals surface area (Å²) in [5, 5.41) is 2.43. The van der Waals surface area contributed by atoms with Crippen molar-refractivity contribution < 1.29 is 4.74 Å². The number of hydrogen-bond acceptors (Lipinski definition) is 5. The minimum absolute atomic E-state index is 0.917. The van der Waals surface area contributed by atoms with Gasteiger partial charge >= 0.3 is 0 Å². The summed E-state index contributed by atoms with van der Waals surface area (Å²) in [6.45, 7) is 4.15. The topological polar surface area (TPSA) is 24.8 Å². The Morgan fingerprint density at radius 3 is 3.05 bits per heavy atom. The fraction of sp³-hybridized carbons (Fsp3) is 0.312. The average Bonchev–Trinajstić information content (AvgIpc) is 3.18. The second-order valence-corrected chi connectivity index (χ2v) is 7.20. The second kappa shape index (κ2) is 5.07. The van der Waals surface area contributed by atoms with E-state index < -0.39 is 0 Å². The standard InChI is InChI=1S/C16H16N2OS2/c1-3-12-15(18-7-6-17-16(18)21-12)14-9-10-8-11(19-2)4-5-13(10)20-14/h4-5,8-9H,3,6-7H2,1-2H3. The Kier molecular flexibility index (Phi) is 3.19. The van der Waals surface area contributed by atoms with Gasteiger partial charge in [-0.2, -0.15) is 0 Å². The van der Waals surface area contributed by atoms with E-state index in [1.807, 2.05) is 29.2 Å². The molecular weight excluding hydrogens is 300 g/mol. The molecule has 1 aromatic carbocycles. The fourth-order valence-corrected chi connectivity index (χ4v) is 5.13. The van der Waals surface area contributed by atoms with E-state index in [-0.39, 0.29) is 0 Å². The number of thiophene rings is 1. The lowest BCUT2D eigenvalue weighted by Crippen LogP contribution is -2.19. The van der Waals surface area contributed by atoms with Crippen molar-refractivity contribution in [1.82, 2.24) is 4.90 Å². The van der Waals surface area contributed by atoms with Crippen LogP contribution in [0.15, 0.2) is 34.2 Å². The first-order valence-electron chi connectivity index (χ1n) is 7.11. The second-order valence-electron chi connectivity index (χ2n) is 5.06. The Morgan fingerprint density at radius 1 is 1.33 bits per heavy atom. The largest absolute Gasteiger partial charge is 0.497 e. The first-order chi connectivity index (χ1) is 10.3. The molecule has 0 aliphatic carbocycles. The number of rotatable bonds is 3. The van der Waals surface area contributed by atoms with Crippen molar-refractivity contribution >= 4 is 44.0 Å². The highest BCUT2D eigenvalue weighted by Crippen LogP contribution is 2.46. The van der Waals surface area contributed by atoms with E-state index in [2.05, 4.69) is 35.0 Å². The number of benzene rings is 1. The predicted octanol–water partition coefficient (Wildman–Crippen LogP) is 4.41. The van der Waals surface area contributed by atoms with Crippen molar-refractivity contribution in [2.75, 3.05) is 20.2 Å². The van der Waals surface area contributed by atoms with Crippen molar-refractivity contribution in [2.45, 2.75) is 13.3 Å². The van der Waals surface area contributed by atoms with Gasteiger partial charge in [-0.25, -0.2) is 0 Å². The van der Waals surface area contributed by atoms with Crippen LogP contribution in [0, 0.1) is 0 Å². The smallest absolute Gasteiger partial charge is 0.168 e. The van der Waals surface area contributed by atoms with E-state index in [0.29, 0.717) is 0 Å². The van der Waals surface area contributed by atoms with Gasteiger partial charge in [0, 0.05) is 16.1 Å². The summed E-state index contributed by atoms with van der Waals surface area (Å²) in [6.07, 6.45) is 1.06. The highest BCUT2D eigenvalue weighted by atomic mass is 32.2. The van der Waals surface area contributed by atoms with E-state index in [0.717, 1.165) is 25.3 Å². The van der Waals surface area contributed by atoms with Crippen LogP contribution in [0.25, 0.3) is 15.8 Å². The third-order valence-electron chi connectivity index (χ3n) is 3.83.